The van der Waals surface area contributed by atoms with Crippen LogP contribution in [-0.2, 0) is 13.0 Å². The molecule has 0 atom stereocenters. The summed E-state index contributed by atoms with van der Waals surface area (Å²) in [6.07, 6.45) is 0.996. The first-order valence-electron chi connectivity index (χ1n) is 6.26. The van der Waals surface area contributed by atoms with Crippen molar-refractivity contribution in [1.82, 2.24) is 9.97 Å². The molecule has 0 saturated carbocycles. The Hall–Kier alpha value is -1.81. The van der Waals surface area contributed by atoms with E-state index in [4.69, 9.17) is 17.3 Å². The average Bonchev–Trinajstić information content (AvgIpc) is 2.42. The standard InChI is InChI=1S/C14H15ClN4/c1-9-12(16)13(18-14(15)17-9)19-7-6-10-4-2-3-5-11(10)8-19/h2-5H,6-8,16H2,1H3. The summed E-state index contributed by atoms with van der Waals surface area (Å²) in [5.74, 6) is 0.743. The predicted molar refractivity (Wildman–Crippen MR) is 77.4 cm³/mol. The molecule has 0 bridgehead atoms. The normalized spacial score (nSPS) is 14.3. The van der Waals surface area contributed by atoms with Crippen LogP contribution in [0.15, 0.2) is 24.3 Å². The van der Waals surface area contributed by atoms with Crippen molar-refractivity contribution in [3.8, 4) is 0 Å². The lowest BCUT2D eigenvalue weighted by Gasteiger charge is -2.30. The highest BCUT2D eigenvalue weighted by Gasteiger charge is 2.20. The van der Waals surface area contributed by atoms with Gasteiger partial charge in [0.05, 0.1) is 11.4 Å². The van der Waals surface area contributed by atoms with Crippen LogP contribution in [0.4, 0.5) is 11.5 Å². The molecule has 19 heavy (non-hydrogen) atoms. The quantitative estimate of drug-likeness (QED) is 0.812. The van der Waals surface area contributed by atoms with Crippen molar-refractivity contribution in [2.24, 2.45) is 0 Å². The number of nitrogens with two attached hydrogens (primary N) is 1. The Morgan fingerprint density at radius 3 is 2.74 bits per heavy atom. The molecular weight excluding hydrogens is 260 g/mol. The van der Waals surface area contributed by atoms with Gasteiger partial charge in [-0.05, 0) is 36.1 Å². The molecule has 1 aromatic heterocycles. The molecule has 1 aromatic carbocycles. The molecule has 0 fully saturated rings. The number of halogens is 1. The Balaban J connectivity index is 1.97. The number of nitrogen functional groups attached to an aromatic ring is 1. The zero-order chi connectivity index (χ0) is 13.4. The minimum atomic E-state index is 0.251. The number of nitrogens with zero attached hydrogens (tertiary/aromatic N) is 3. The van der Waals surface area contributed by atoms with Gasteiger partial charge in [-0.3, -0.25) is 0 Å². The van der Waals surface area contributed by atoms with Crippen molar-refractivity contribution < 1.29 is 0 Å². The highest BCUT2D eigenvalue weighted by molar-refractivity contribution is 6.28. The van der Waals surface area contributed by atoms with E-state index < -0.39 is 0 Å². The van der Waals surface area contributed by atoms with Crippen LogP contribution in [0.5, 0.6) is 0 Å². The fourth-order valence-electron chi connectivity index (χ4n) is 2.45. The van der Waals surface area contributed by atoms with E-state index in [1.807, 2.05) is 6.92 Å². The van der Waals surface area contributed by atoms with E-state index >= 15 is 0 Å². The first kappa shape index (κ1) is 12.2. The summed E-state index contributed by atoms with van der Waals surface area (Å²) >= 11 is 5.94. The van der Waals surface area contributed by atoms with Gasteiger partial charge in [-0.15, -0.1) is 0 Å². The minimum Gasteiger partial charge on any atom is -0.394 e. The number of benzene rings is 1. The second kappa shape index (κ2) is 4.70. The molecule has 0 amide bonds. The lowest BCUT2D eigenvalue weighted by atomic mass is 10.00. The summed E-state index contributed by atoms with van der Waals surface area (Å²) in [5.41, 5.74) is 10.1. The van der Waals surface area contributed by atoms with Crippen LogP contribution in [0, 0.1) is 6.92 Å². The molecule has 1 aliphatic heterocycles. The molecule has 2 heterocycles. The summed E-state index contributed by atoms with van der Waals surface area (Å²) in [5, 5.41) is 0.251. The van der Waals surface area contributed by atoms with Crippen molar-refractivity contribution in [3.05, 3.63) is 46.4 Å². The molecule has 98 valence electrons. The molecule has 0 unspecified atom stereocenters. The zero-order valence-corrected chi connectivity index (χ0v) is 11.5. The van der Waals surface area contributed by atoms with Crippen LogP contribution in [-0.4, -0.2) is 16.5 Å². The van der Waals surface area contributed by atoms with Gasteiger partial charge in [0, 0.05) is 13.1 Å². The molecule has 0 saturated heterocycles. The Kier molecular flexibility index (Phi) is 3.03. The van der Waals surface area contributed by atoms with E-state index in [9.17, 15) is 0 Å². The monoisotopic (exact) mass is 274 g/mol. The smallest absolute Gasteiger partial charge is 0.224 e. The average molecular weight is 275 g/mol. The highest BCUT2D eigenvalue weighted by Crippen LogP contribution is 2.29. The molecule has 0 radical (unpaired) electrons. The third-order valence-corrected chi connectivity index (χ3v) is 3.69. The van der Waals surface area contributed by atoms with E-state index in [0.29, 0.717) is 5.69 Å². The number of aromatic nitrogens is 2. The number of hydrogen-bond acceptors (Lipinski definition) is 4. The fourth-order valence-corrected chi connectivity index (χ4v) is 2.66. The van der Waals surface area contributed by atoms with Crippen LogP contribution in [0.1, 0.15) is 16.8 Å². The molecule has 5 heteroatoms. The van der Waals surface area contributed by atoms with Crippen LogP contribution >= 0.6 is 11.6 Å². The van der Waals surface area contributed by atoms with Crippen LogP contribution < -0.4 is 10.6 Å². The summed E-state index contributed by atoms with van der Waals surface area (Å²) in [6.45, 7) is 3.56. The van der Waals surface area contributed by atoms with Crippen LogP contribution in [0.3, 0.4) is 0 Å². The highest BCUT2D eigenvalue weighted by atomic mass is 35.5. The van der Waals surface area contributed by atoms with Gasteiger partial charge in [-0.25, -0.2) is 4.98 Å². The third kappa shape index (κ3) is 2.24. The fraction of sp³-hybridized carbons (Fsp3) is 0.286. The number of fused-ring (bicyclic) bond motifs is 1. The summed E-state index contributed by atoms with van der Waals surface area (Å²) in [7, 11) is 0. The third-order valence-electron chi connectivity index (χ3n) is 3.52. The van der Waals surface area contributed by atoms with Gasteiger partial charge >= 0.3 is 0 Å². The number of rotatable bonds is 1. The lowest BCUT2D eigenvalue weighted by Crippen LogP contribution is -2.32. The Bertz CT molecular complexity index is 627. The second-order valence-electron chi connectivity index (χ2n) is 4.76. The Labute approximate surface area is 117 Å². The minimum absolute atomic E-state index is 0.251. The van der Waals surface area contributed by atoms with Crippen LogP contribution in [0.2, 0.25) is 5.28 Å². The first-order chi connectivity index (χ1) is 9.15. The number of hydrogen-bond donors (Lipinski definition) is 1. The molecular formula is C14H15ClN4. The van der Waals surface area contributed by atoms with Gasteiger partial charge in [0.15, 0.2) is 5.82 Å². The Morgan fingerprint density at radius 1 is 1.21 bits per heavy atom. The van der Waals surface area contributed by atoms with E-state index in [2.05, 4.69) is 39.1 Å². The van der Waals surface area contributed by atoms with Crippen LogP contribution in [0.25, 0.3) is 0 Å². The van der Waals surface area contributed by atoms with Crippen molar-refractivity contribution in [3.63, 3.8) is 0 Å². The van der Waals surface area contributed by atoms with E-state index in [1.54, 1.807) is 0 Å². The van der Waals surface area contributed by atoms with Crippen molar-refractivity contribution in [2.45, 2.75) is 19.9 Å². The van der Waals surface area contributed by atoms with E-state index in [0.717, 1.165) is 31.0 Å². The van der Waals surface area contributed by atoms with Gasteiger partial charge in [-0.1, -0.05) is 24.3 Å². The van der Waals surface area contributed by atoms with Gasteiger partial charge in [0.25, 0.3) is 0 Å². The largest absolute Gasteiger partial charge is 0.394 e. The maximum Gasteiger partial charge on any atom is 0.224 e. The van der Waals surface area contributed by atoms with Gasteiger partial charge in [-0.2, -0.15) is 4.98 Å². The lowest BCUT2D eigenvalue weighted by molar-refractivity contribution is 0.720. The molecule has 0 spiro atoms. The molecule has 2 aromatic rings. The van der Waals surface area contributed by atoms with Crippen molar-refractivity contribution in [1.29, 1.82) is 0 Å². The van der Waals surface area contributed by atoms with E-state index in [1.165, 1.54) is 11.1 Å². The summed E-state index contributed by atoms with van der Waals surface area (Å²) in [6, 6.07) is 8.46. The first-order valence-corrected chi connectivity index (χ1v) is 6.64. The van der Waals surface area contributed by atoms with E-state index in [-0.39, 0.29) is 5.28 Å². The maximum atomic E-state index is 6.08. The SMILES string of the molecule is Cc1nc(Cl)nc(N2CCc3ccccc3C2)c1N. The second-order valence-corrected chi connectivity index (χ2v) is 5.09. The Morgan fingerprint density at radius 2 is 1.95 bits per heavy atom. The van der Waals surface area contributed by atoms with Gasteiger partial charge < -0.3 is 10.6 Å². The zero-order valence-electron chi connectivity index (χ0n) is 10.7. The predicted octanol–water partition coefficient (Wildman–Crippen LogP) is 2.58. The summed E-state index contributed by atoms with van der Waals surface area (Å²) < 4.78 is 0. The molecule has 1 aliphatic rings. The van der Waals surface area contributed by atoms with Crippen molar-refractivity contribution >= 4 is 23.1 Å². The number of anilines is 2. The summed E-state index contributed by atoms with van der Waals surface area (Å²) in [4.78, 5) is 10.5. The molecule has 0 aliphatic carbocycles. The molecule has 2 N–H and O–H groups in total. The molecule has 4 nitrogen and oxygen atoms in total. The van der Waals surface area contributed by atoms with Crippen molar-refractivity contribution in [2.75, 3.05) is 17.2 Å². The van der Waals surface area contributed by atoms with Gasteiger partial charge in [0.1, 0.15) is 0 Å². The topological polar surface area (TPSA) is 55.0 Å². The van der Waals surface area contributed by atoms with Gasteiger partial charge in [0.2, 0.25) is 5.28 Å². The maximum absolute atomic E-state index is 6.08. The molecule has 3 rings (SSSR count). The number of aryl methyl sites for hydroxylation is 1.